The molecule has 18 heavy (non-hydrogen) atoms. The highest BCUT2D eigenvalue weighted by atomic mass is 16.1. The maximum atomic E-state index is 10.3. The molecule has 0 aromatic carbocycles. The highest BCUT2D eigenvalue weighted by molar-refractivity contribution is 6.14. The van der Waals surface area contributed by atoms with Crippen molar-refractivity contribution < 1.29 is 9.59 Å². The van der Waals surface area contributed by atoms with Gasteiger partial charge >= 0.3 is 0 Å². The number of carbonyl (C=O) groups is 2. The van der Waals surface area contributed by atoms with Crippen molar-refractivity contribution in [2.45, 2.75) is 33.1 Å². The van der Waals surface area contributed by atoms with Crippen molar-refractivity contribution in [2.24, 2.45) is 17.3 Å². The van der Waals surface area contributed by atoms with Crippen molar-refractivity contribution in [3.05, 3.63) is 36.5 Å². The van der Waals surface area contributed by atoms with Crippen LogP contribution in [0.3, 0.4) is 0 Å². The molecule has 0 spiro atoms. The van der Waals surface area contributed by atoms with Gasteiger partial charge in [0.2, 0.25) is 0 Å². The molecule has 0 aliphatic heterocycles. The first-order valence-corrected chi connectivity index (χ1v) is 6.54. The van der Waals surface area contributed by atoms with E-state index < -0.39 is 0 Å². The molecule has 2 unspecified atom stereocenters. The second-order valence-electron chi connectivity index (χ2n) is 5.93. The van der Waals surface area contributed by atoms with Crippen LogP contribution in [0.25, 0.3) is 0 Å². The Kier molecular flexibility index (Phi) is 3.38. The van der Waals surface area contributed by atoms with Crippen LogP contribution in [0.1, 0.15) is 33.1 Å². The van der Waals surface area contributed by atoms with Gasteiger partial charge in [-0.05, 0) is 60.8 Å². The third kappa shape index (κ3) is 2.38. The standard InChI is InChI=1S/C10H16.C6H4O2/c1-7-8-4-5-9(6-8)10(7,2)3;7-5-1-2-6(8)4-3-5/h8-9H,1,4-6H2,2-3H3;1-4H. The Bertz CT molecular complexity index is 414. The summed E-state index contributed by atoms with van der Waals surface area (Å²) in [4.78, 5) is 20.6. The molecule has 3 rings (SSSR count). The number of ketones is 2. The van der Waals surface area contributed by atoms with Gasteiger partial charge in [0.25, 0.3) is 0 Å². The quantitative estimate of drug-likeness (QED) is 0.484. The van der Waals surface area contributed by atoms with E-state index in [-0.39, 0.29) is 11.6 Å². The topological polar surface area (TPSA) is 34.1 Å². The lowest BCUT2D eigenvalue weighted by Crippen LogP contribution is -2.21. The number of allylic oxidation sites excluding steroid dienone is 5. The maximum Gasteiger partial charge on any atom is 0.178 e. The minimum Gasteiger partial charge on any atom is -0.290 e. The van der Waals surface area contributed by atoms with Crippen molar-refractivity contribution in [2.75, 3.05) is 0 Å². The first kappa shape index (κ1) is 13.0. The molecule has 0 heterocycles. The van der Waals surface area contributed by atoms with Crippen molar-refractivity contribution in [1.29, 1.82) is 0 Å². The first-order chi connectivity index (χ1) is 8.41. The molecule has 2 nitrogen and oxygen atoms in total. The van der Waals surface area contributed by atoms with Gasteiger partial charge in [-0.25, -0.2) is 0 Å². The van der Waals surface area contributed by atoms with E-state index in [1.165, 1.54) is 49.1 Å². The van der Waals surface area contributed by atoms with Crippen LogP contribution < -0.4 is 0 Å². The molecule has 96 valence electrons. The fraction of sp³-hybridized carbons (Fsp3) is 0.500. The summed E-state index contributed by atoms with van der Waals surface area (Å²) in [5.41, 5.74) is 2.01. The van der Waals surface area contributed by atoms with Gasteiger partial charge in [0.15, 0.2) is 11.6 Å². The van der Waals surface area contributed by atoms with E-state index in [9.17, 15) is 9.59 Å². The summed E-state index contributed by atoms with van der Waals surface area (Å²) in [5.74, 6) is 1.61. The van der Waals surface area contributed by atoms with Gasteiger partial charge < -0.3 is 0 Å². The molecule has 3 aliphatic carbocycles. The Morgan fingerprint density at radius 1 is 1.06 bits per heavy atom. The van der Waals surface area contributed by atoms with Gasteiger partial charge in [0, 0.05) is 0 Å². The average molecular weight is 244 g/mol. The number of rotatable bonds is 0. The molecule has 3 aliphatic rings. The molecule has 0 aromatic heterocycles. The van der Waals surface area contributed by atoms with Gasteiger partial charge in [0.1, 0.15) is 0 Å². The second-order valence-corrected chi connectivity index (χ2v) is 5.93. The van der Waals surface area contributed by atoms with Crippen LogP contribution in [-0.4, -0.2) is 11.6 Å². The molecule has 0 saturated heterocycles. The summed E-state index contributed by atoms with van der Waals surface area (Å²) >= 11 is 0. The molecule has 0 amide bonds. The first-order valence-electron chi connectivity index (χ1n) is 6.54. The largest absolute Gasteiger partial charge is 0.290 e. The van der Waals surface area contributed by atoms with Gasteiger partial charge in [-0.3, -0.25) is 9.59 Å². The Morgan fingerprint density at radius 2 is 1.56 bits per heavy atom. The Labute approximate surface area is 108 Å². The molecule has 0 aromatic rings. The number of hydrogen-bond acceptors (Lipinski definition) is 2. The minimum absolute atomic E-state index is 0.121. The number of hydrogen-bond donors (Lipinski definition) is 0. The van der Waals surface area contributed by atoms with Crippen molar-refractivity contribution >= 4 is 11.6 Å². The molecule has 2 heteroatoms. The number of fused-ring (bicyclic) bond motifs is 2. The molecule has 2 atom stereocenters. The minimum atomic E-state index is -0.121. The molecule has 2 bridgehead atoms. The van der Waals surface area contributed by atoms with Gasteiger partial charge in [0.05, 0.1) is 0 Å². The van der Waals surface area contributed by atoms with Crippen LogP contribution in [0.15, 0.2) is 36.5 Å². The average Bonchev–Trinajstić information content (AvgIpc) is 2.88. The summed E-state index contributed by atoms with van der Waals surface area (Å²) in [6.45, 7) is 8.91. The highest BCUT2D eigenvalue weighted by Gasteiger charge is 2.47. The van der Waals surface area contributed by atoms with Crippen LogP contribution in [0.5, 0.6) is 0 Å². The Hall–Kier alpha value is -1.44. The zero-order valence-corrected chi connectivity index (χ0v) is 11.1. The summed E-state index contributed by atoms with van der Waals surface area (Å²) in [5, 5.41) is 0. The van der Waals surface area contributed by atoms with Gasteiger partial charge in [-0.1, -0.05) is 26.0 Å². The van der Waals surface area contributed by atoms with Crippen LogP contribution in [0.4, 0.5) is 0 Å². The molecule has 2 saturated carbocycles. The summed E-state index contributed by atoms with van der Waals surface area (Å²) in [7, 11) is 0. The SMILES string of the molecule is C=C1C2CCC(C2)C1(C)C.O=C1C=CC(=O)C=C1. The summed E-state index contributed by atoms with van der Waals surface area (Å²) < 4.78 is 0. The van der Waals surface area contributed by atoms with Gasteiger partial charge in [-0.2, -0.15) is 0 Å². The van der Waals surface area contributed by atoms with E-state index >= 15 is 0 Å². The summed E-state index contributed by atoms with van der Waals surface area (Å²) in [6.07, 6.45) is 9.32. The molecule has 2 fully saturated rings. The van der Waals surface area contributed by atoms with Crippen LogP contribution >= 0.6 is 0 Å². The van der Waals surface area contributed by atoms with Crippen LogP contribution in [0.2, 0.25) is 0 Å². The van der Waals surface area contributed by atoms with E-state index in [4.69, 9.17) is 0 Å². The zero-order chi connectivity index (χ0) is 13.3. The molecular formula is C16H20O2. The lowest BCUT2D eigenvalue weighted by molar-refractivity contribution is -0.113. The van der Waals surface area contributed by atoms with E-state index in [1.54, 1.807) is 0 Å². The lowest BCUT2D eigenvalue weighted by Gasteiger charge is -2.31. The zero-order valence-electron chi connectivity index (χ0n) is 11.1. The monoisotopic (exact) mass is 244 g/mol. The Morgan fingerprint density at radius 3 is 1.83 bits per heavy atom. The maximum absolute atomic E-state index is 10.3. The smallest absolute Gasteiger partial charge is 0.178 e. The third-order valence-electron chi connectivity index (χ3n) is 4.60. The summed E-state index contributed by atoms with van der Waals surface area (Å²) in [6, 6.07) is 0. The van der Waals surface area contributed by atoms with Gasteiger partial charge in [-0.15, -0.1) is 0 Å². The highest BCUT2D eigenvalue weighted by Crippen LogP contribution is 2.58. The molecule has 0 N–H and O–H groups in total. The second kappa shape index (κ2) is 4.68. The third-order valence-corrected chi connectivity index (χ3v) is 4.60. The normalized spacial score (nSPS) is 31.6. The predicted molar refractivity (Wildman–Crippen MR) is 72.0 cm³/mol. The van der Waals surface area contributed by atoms with Crippen molar-refractivity contribution in [3.8, 4) is 0 Å². The van der Waals surface area contributed by atoms with E-state index in [0.717, 1.165) is 11.8 Å². The number of carbonyl (C=O) groups excluding carboxylic acids is 2. The molecular weight excluding hydrogens is 224 g/mol. The van der Waals surface area contributed by atoms with Crippen LogP contribution in [-0.2, 0) is 9.59 Å². The van der Waals surface area contributed by atoms with Crippen LogP contribution in [0, 0.1) is 17.3 Å². The van der Waals surface area contributed by atoms with E-state index in [2.05, 4.69) is 20.4 Å². The van der Waals surface area contributed by atoms with Crippen molar-refractivity contribution in [1.82, 2.24) is 0 Å². The van der Waals surface area contributed by atoms with Crippen molar-refractivity contribution in [3.63, 3.8) is 0 Å². The fourth-order valence-electron chi connectivity index (χ4n) is 3.18. The van der Waals surface area contributed by atoms with E-state index in [0.29, 0.717) is 5.41 Å². The molecule has 0 radical (unpaired) electrons. The fourth-order valence-corrected chi connectivity index (χ4v) is 3.18. The lowest BCUT2D eigenvalue weighted by atomic mass is 9.73. The predicted octanol–water partition coefficient (Wildman–Crippen LogP) is 3.25. The van der Waals surface area contributed by atoms with E-state index in [1.807, 2.05) is 0 Å². The Balaban J connectivity index is 0.000000138.